The second kappa shape index (κ2) is 4.99. The molecule has 0 aromatic carbocycles. The Hall–Kier alpha value is -0.280. The highest BCUT2D eigenvalue weighted by Crippen LogP contribution is 2.27. The minimum absolute atomic E-state index is 0. The van der Waals surface area contributed by atoms with Gasteiger partial charge in [-0.3, -0.25) is 4.79 Å². The Balaban J connectivity index is 0.00000169. The number of hydrogen-bond donors (Lipinski definition) is 2. The van der Waals surface area contributed by atoms with Crippen molar-refractivity contribution in [3.63, 3.8) is 0 Å². The first kappa shape index (κ1) is 13.7. The van der Waals surface area contributed by atoms with Crippen molar-refractivity contribution in [1.29, 1.82) is 0 Å². The zero-order chi connectivity index (χ0) is 10.1. The van der Waals surface area contributed by atoms with Crippen molar-refractivity contribution in [3.05, 3.63) is 0 Å². The zero-order valence-corrected chi connectivity index (χ0v) is 10.2. The van der Waals surface area contributed by atoms with Crippen LogP contribution in [0.15, 0.2) is 0 Å². The topological polar surface area (TPSA) is 41.1 Å². The van der Waals surface area contributed by atoms with Crippen LogP contribution in [-0.4, -0.2) is 25.0 Å². The Morgan fingerprint density at radius 2 is 2.14 bits per heavy atom. The molecule has 1 rings (SSSR count). The maximum Gasteiger partial charge on any atom is 0.237 e. The standard InChI is InChI=1S/C10H20N2O.ClH/c1-7(2)5-11-9(13)8-10(3,4)6-12-8;/h7-8,12H,5-6H2,1-4H3,(H,11,13);1H. The van der Waals surface area contributed by atoms with Gasteiger partial charge in [0.25, 0.3) is 0 Å². The van der Waals surface area contributed by atoms with Gasteiger partial charge in [0.15, 0.2) is 0 Å². The lowest BCUT2D eigenvalue weighted by molar-refractivity contribution is -0.129. The van der Waals surface area contributed by atoms with Crippen LogP contribution in [0.5, 0.6) is 0 Å². The van der Waals surface area contributed by atoms with Crippen LogP contribution in [0.3, 0.4) is 0 Å². The van der Waals surface area contributed by atoms with E-state index in [-0.39, 0.29) is 29.8 Å². The lowest BCUT2D eigenvalue weighted by atomic mass is 9.77. The molecule has 0 aromatic rings. The van der Waals surface area contributed by atoms with Crippen LogP contribution in [0.4, 0.5) is 0 Å². The van der Waals surface area contributed by atoms with Crippen LogP contribution in [-0.2, 0) is 4.79 Å². The summed E-state index contributed by atoms with van der Waals surface area (Å²) in [5.41, 5.74) is 0.126. The molecule has 3 nitrogen and oxygen atoms in total. The maximum absolute atomic E-state index is 11.6. The first-order valence-electron chi connectivity index (χ1n) is 4.94. The molecule has 0 radical (unpaired) electrons. The number of hydrogen-bond acceptors (Lipinski definition) is 2. The summed E-state index contributed by atoms with van der Waals surface area (Å²) in [6.07, 6.45) is 0. The van der Waals surface area contributed by atoms with E-state index in [0.717, 1.165) is 13.1 Å². The van der Waals surface area contributed by atoms with Gasteiger partial charge < -0.3 is 10.6 Å². The number of carbonyl (C=O) groups is 1. The molecular formula is C10H21ClN2O. The first-order chi connectivity index (χ1) is 5.93. The molecule has 1 atom stereocenters. The Kier molecular flexibility index (Phi) is 4.89. The molecule has 0 bridgehead atoms. The van der Waals surface area contributed by atoms with Crippen LogP contribution in [0.25, 0.3) is 0 Å². The minimum atomic E-state index is 0. The number of amides is 1. The van der Waals surface area contributed by atoms with Gasteiger partial charge in [-0.2, -0.15) is 0 Å². The van der Waals surface area contributed by atoms with E-state index in [1.807, 2.05) is 0 Å². The fourth-order valence-corrected chi connectivity index (χ4v) is 1.47. The lowest BCUT2D eigenvalue weighted by Gasteiger charge is -2.44. The predicted octanol–water partition coefficient (Wildman–Crippen LogP) is 1.18. The van der Waals surface area contributed by atoms with Gasteiger partial charge in [0.2, 0.25) is 5.91 Å². The number of rotatable bonds is 3. The largest absolute Gasteiger partial charge is 0.354 e. The van der Waals surface area contributed by atoms with Crippen LogP contribution in [0.2, 0.25) is 0 Å². The number of carbonyl (C=O) groups excluding carboxylic acids is 1. The first-order valence-corrected chi connectivity index (χ1v) is 4.94. The predicted molar refractivity (Wildman–Crippen MR) is 60.7 cm³/mol. The molecule has 2 N–H and O–H groups in total. The van der Waals surface area contributed by atoms with Crippen LogP contribution in [0, 0.1) is 11.3 Å². The van der Waals surface area contributed by atoms with Crippen LogP contribution in [0.1, 0.15) is 27.7 Å². The highest BCUT2D eigenvalue weighted by Gasteiger charge is 2.42. The van der Waals surface area contributed by atoms with Gasteiger partial charge in [0.05, 0.1) is 6.04 Å². The smallest absolute Gasteiger partial charge is 0.237 e. The summed E-state index contributed by atoms with van der Waals surface area (Å²) >= 11 is 0. The minimum Gasteiger partial charge on any atom is -0.354 e. The highest BCUT2D eigenvalue weighted by atomic mass is 35.5. The highest BCUT2D eigenvalue weighted by molar-refractivity contribution is 5.85. The number of nitrogens with one attached hydrogen (secondary N) is 2. The summed E-state index contributed by atoms with van der Waals surface area (Å²) < 4.78 is 0. The fraction of sp³-hybridized carbons (Fsp3) is 0.900. The second-order valence-corrected chi connectivity index (χ2v) is 4.94. The van der Waals surface area contributed by atoms with Gasteiger partial charge in [-0.15, -0.1) is 12.4 Å². The van der Waals surface area contributed by atoms with E-state index in [1.165, 1.54) is 0 Å². The van der Waals surface area contributed by atoms with E-state index in [1.54, 1.807) is 0 Å². The Labute approximate surface area is 92.4 Å². The Morgan fingerprint density at radius 3 is 2.43 bits per heavy atom. The molecule has 1 heterocycles. The average Bonchev–Trinajstić information content (AvgIpc) is 1.99. The lowest BCUT2D eigenvalue weighted by Crippen LogP contribution is -2.65. The average molecular weight is 221 g/mol. The molecule has 84 valence electrons. The van der Waals surface area contributed by atoms with Crippen molar-refractivity contribution in [2.45, 2.75) is 33.7 Å². The fourth-order valence-electron chi connectivity index (χ4n) is 1.47. The summed E-state index contributed by atoms with van der Waals surface area (Å²) in [5, 5.41) is 6.09. The quantitative estimate of drug-likeness (QED) is 0.750. The molecule has 1 amide bonds. The number of halogens is 1. The van der Waals surface area contributed by atoms with Gasteiger partial charge in [-0.1, -0.05) is 27.7 Å². The van der Waals surface area contributed by atoms with E-state index in [4.69, 9.17) is 0 Å². The zero-order valence-electron chi connectivity index (χ0n) is 9.39. The molecule has 1 saturated heterocycles. The third-order valence-corrected chi connectivity index (χ3v) is 2.49. The Morgan fingerprint density at radius 1 is 1.57 bits per heavy atom. The molecule has 1 unspecified atom stereocenters. The maximum atomic E-state index is 11.6. The van der Waals surface area contributed by atoms with Crippen molar-refractivity contribution in [3.8, 4) is 0 Å². The van der Waals surface area contributed by atoms with Crippen molar-refractivity contribution in [2.24, 2.45) is 11.3 Å². The summed E-state index contributed by atoms with van der Waals surface area (Å²) in [5.74, 6) is 0.664. The second-order valence-electron chi connectivity index (χ2n) is 4.94. The molecule has 1 aliphatic heterocycles. The van der Waals surface area contributed by atoms with Crippen molar-refractivity contribution in [1.82, 2.24) is 10.6 Å². The third kappa shape index (κ3) is 3.14. The SMILES string of the molecule is CC(C)CNC(=O)C1NCC1(C)C.Cl. The van der Waals surface area contributed by atoms with Gasteiger partial charge in [0, 0.05) is 18.5 Å². The van der Waals surface area contributed by atoms with Crippen LogP contribution >= 0.6 is 12.4 Å². The summed E-state index contributed by atoms with van der Waals surface area (Å²) in [6.45, 7) is 10.1. The normalized spacial score (nSPS) is 23.6. The summed E-state index contributed by atoms with van der Waals surface area (Å²) in [6, 6.07) is 0.00579. The van der Waals surface area contributed by atoms with Crippen molar-refractivity contribution < 1.29 is 4.79 Å². The Bertz CT molecular complexity index is 204. The van der Waals surface area contributed by atoms with Gasteiger partial charge in [0.1, 0.15) is 0 Å². The van der Waals surface area contributed by atoms with E-state index in [0.29, 0.717) is 5.92 Å². The van der Waals surface area contributed by atoms with Gasteiger partial charge in [-0.25, -0.2) is 0 Å². The van der Waals surface area contributed by atoms with Gasteiger partial charge >= 0.3 is 0 Å². The molecular weight excluding hydrogens is 200 g/mol. The summed E-state index contributed by atoms with van der Waals surface area (Å²) in [7, 11) is 0. The molecule has 0 spiro atoms. The van der Waals surface area contributed by atoms with E-state index < -0.39 is 0 Å². The van der Waals surface area contributed by atoms with Crippen LogP contribution < -0.4 is 10.6 Å². The molecule has 1 fully saturated rings. The molecule has 0 aliphatic carbocycles. The van der Waals surface area contributed by atoms with Gasteiger partial charge in [-0.05, 0) is 5.92 Å². The molecule has 4 heteroatoms. The molecule has 0 aromatic heterocycles. The van der Waals surface area contributed by atoms with E-state index in [2.05, 4.69) is 38.3 Å². The molecule has 0 saturated carbocycles. The van der Waals surface area contributed by atoms with E-state index >= 15 is 0 Å². The van der Waals surface area contributed by atoms with Crippen molar-refractivity contribution in [2.75, 3.05) is 13.1 Å². The molecule has 1 aliphatic rings. The monoisotopic (exact) mass is 220 g/mol. The molecule has 14 heavy (non-hydrogen) atoms. The van der Waals surface area contributed by atoms with E-state index in [9.17, 15) is 4.79 Å². The van der Waals surface area contributed by atoms with Crippen molar-refractivity contribution >= 4 is 18.3 Å². The third-order valence-electron chi connectivity index (χ3n) is 2.49. The summed E-state index contributed by atoms with van der Waals surface area (Å²) in [4.78, 5) is 11.6.